The van der Waals surface area contributed by atoms with E-state index in [1.54, 1.807) is 20.8 Å². The molecule has 162 valence electrons. The van der Waals surface area contributed by atoms with Gasteiger partial charge in [-0.15, -0.1) is 0 Å². The van der Waals surface area contributed by atoms with Crippen LogP contribution in [0.1, 0.15) is 45.1 Å². The normalized spacial score (nSPS) is 23.6. The van der Waals surface area contributed by atoms with E-state index in [1.165, 1.54) is 18.0 Å². The van der Waals surface area contributed by atoms with Crippen molar-refractivity contribution in [1.82, 2.24) is 10.2 Å². The summed E-state index contributed by atoms with van der Waals surface area (Å²) in [6.45, 7) is 4.77. The highest BCUT2D eigenvalue weighted by Crippen LogP contribution is 2.36. The maximum Gasteiger partial charge on any atom is 0.410 e. The fourth-order valence-corrected chi connectivity index (χ4v) is 3.51. The molecule has 2 N–H and O–H groups in total. The third kappa shape index (κ3) is 5.83. The molecule has 1 amide bonds. The Morgan fingerprint density at radius 1 is 1.41 bits per heavy atom. The number of rotatable bonds is 5. The van der Waals surface area contributed by atoms with Crippen molar-refractivity contribution in [3.63, 3.8) is 0 Å². The van der Waals surface area contributed by atoms with Crippen LogP contribution in [0.4, 0.5) is 13.6 Å². The molecule has 1 aliphatic heterocycles. The van der Waals surface area contributed by atoms with Gasteiger partial charge in [0, 0.05) is 17.4 Å². The Kier molecular flexibility index (Phi) is 7.12. The van der Waals surface area contributed by atoms with Crippen molar-refractivity contribution in [2.24, 2.45) is 0 Å². The first-order chi connectivity index (χ1) is 13.4. The quantitative estimate of drug-likeness (QED) is 0.435. The molecule has 10 heteroatoms. The average molecular weight is 415 g/mol. The maximum absolute atomic E-state index is 13.7. The number of amides is 1. The van der Waals surface area contributed by atoms with Crippen molar-refractivity contribution in [1.29, 1.82) is 0 Å². The molecule has 4 atom stereocenters. The number of aliphatic hydroxyl groups is 1. The lowest BCUT2D eigenvalue weighted by Crippen LogP contribution is -2.56. The molecule has 0 unspecified atom stereocenters. The number of benzene rings is 1. The van der Waals surface area contributed by atoms with Gasteiger partial charge in [-0.25, -0.2) is 13.6 Å². The lowest BCUT2D eigenvalue weighted by Gasteiger charge is -2.41. The molecule has 2 rings (SSSR count). The van der Waals surface area contributed by atoms with Gasteiger partial charge in [0.25, 0.3) is 0 Å². The number of halogens is 2. The van der Waals surface area contributed by atoms with E-state index in [0.717, 1.165) is 12.1 Å². The number of hydrogen-bond acceptors (Lipinski definition) is 6. The number of piperidine rings is 1. The van der Waals surface area contributed by atoms with E-state index in [1.807, 2.05) is 0 Å². The van der Waals surface area contributed by atoms with E-state index in [9.17, 15) is 28.8 Å². The van der Waals surface area contributed by atoms with Gasteiger partial charge in [-0.05, 0) is 51.9 Å². The third-order valence-corrected chi connectivity index (χ3v) is 4.91. The Morgan fingerprint density at radius 3 is 2.59 bits per heavy atom. The second-order valence-corrected chi connectivity index (χ2v) is 8.20. The van der Waals surface area contributed by atoms with E-state index in [4.69, 9.17) is 4.74 Å². The first-order valence-corrected chi connectivity index (χ1v) is 9.36. The molecule has 1 aromatic rings. The van der Waals surface area contributed by atoms with Crippen LogP contribution in [-0.2, 0) is 4.74 Å². The van der Waals surface area contributed by atoms with Crippen LogP contribution in [-0.4, -0.2) is 58.5 Å². The molecule has 1 saturated heterocycles. The minimum atomic E-state index is -1.23. The summed E-state index contributed by atoms with van der Waals surface area (Å²) in [6, 6.07) is 1.37. The van der Waals surface area contributed by atoms with E-state index < -0.39 is 52.5 Å². The minimum Gasteiger partial charge on any atom is -0.444 e. The summed E-state index contributed by atoms with van der Waals surface area (Å²) in [7, 11) is 1.54. The standard InChI is InChI=1S/C19H27F2N3O5/c1-19(2,3)29-18(26)23-10-16(24(27)28)13(8-12(23)9-17(25)22-4)11-5-6-14(20)15(21)7-11/h5-7,12-13,16-17,22,25H,8-10H2,1-4H3/t12-,13-,16+,17-/m0/s1. The van der Waals surface area contributed by atoms with Gasteiger partial charge < -0.3 is 9.84 Å². The molecule has 0 aromatic heterocycles. The molecule has 8 nitrogen and oxygen atoms in total. The van der Waals surface area contributed by atoms with Crippen molar-refractivity contribution in [2.75, 3.05) is 13.6 Å². The lowest BCUT2D eigenvalue weighted by atomic mass is 9.81. The zero-order chi connectivity index (χ0) is 21.9. The fourth-order valence-electron chi connectivity index (χ4n) is 3.51. The fraction of sp³-hybridized carbons (Fsp3) is 0.632. The molecule has 1 fully saturated rings. The second kappa shape index (κ2) is 9.00. The molecular weight excluding hydrogens is 388 g/mol. The van der Waals surface area contributed by atoms with Gasteiger partial charge in [0.15, 0.2) is 11.6 Å². The van der Waals surface area contributed by atoms with Crippen LogP contribution in [0.25, 0.3) is 0 Å². The first-order valence-electron chi connectivity index (χ1n) is 9.36. The first kappa shape index (κ1) is 23.0. The van der Waals surface area contributed by atoms with Gasteiger partial charge in [0.2, 0.25) is 6.04 Å². The van der Waals surface area contributed by atoms with E-state index in [2.05, 4.69) is 5.32 Å². The van der Waals surface area contributed by atoms with Crippen molar-refractivity contribution >= 4 is 6.09 Å². The van der Waals surface area contributed by atoms with Crippen molar-refractivity contribution in [3.05, 3.63) is 45.5 Å². The van der Waals surface area contributed by atoms with Crippen LogP contribution in [0.5, 0.6) is 0 Å². The van der Waals surface area contributed by atoms with Crippen LogP contribution >= 0.6 is 0 Å². The number of ether oxygens (including phenoxy) is 1. The van der Waals surface area contributed by atoms with E-state index in [-0.39, 0.29) is 24.9 Å². The summed E-state index contributed by atoms with van der Waals surface area (Å²) < 4.78 is 32.4. The number of hydrogen-bond donors (Lipinski definition) is 2. The Bertz CT molecular complexity index is 756. The molecular formula is C19H27F2N3O5. The Hall–Kier alpha value is -2.33. The molecule has 0 spiro atoms. The smallest absolute Gasteiger partial charge is 0.410 e. The third-order valence-electron chi connectivity index (χ3n) is 4.91. The summed E-state index contributed by atoms with van der Waals surface area (Å²) in [6.07, 6.45) is -1.49. The van der Waals surface area contributed by atoms with Gasteiger partial charge in [-0.3, -0.25) is 20.3 Å². The molecule has 29 heavy (non-hydrogen) atoms. The monoisotopic (exact) mass is 415 g/mol. The van der Waals surface area contributed by atoms with E-state index >= 15 is 0 Å². The summed E-state index contributed by atoms with van der Waals surface area (Å²) in [5.74, 6) is -2.89. The summed E-state index contributed by atoms with van der Waals surface area (Å²) in [5.41, 5.74) is -0.525. The second-order valence-electron chi connectivity index (χ2n) is 8.20. The number of nitrogens with zero attached hydrogens (tertiary/aromatic N) is 2. The Morgan fingerprint density at radius 2 is 2.07 bits per heavy atom. The summed E-state index contributed by atoms with van der Waals surface area (Å²) in [5, 5.41) is 24.4. The number of nitrogens with one attached hydrogen (secondary N) is 1. The molecule has 0 saturated carbocycles. The number of carbonyl (C=O) groups is 1. The van der Waals surface area contributed by atoms with Crippen LogP contribution in [0.15, 0.2) is 18.2 Å². The molecule has 0 aliphatic carbocycles. The summed E-state index contributed by atoms with van der Waals surface area (Å²) in [4.78, 5) is 25.1. The van der Waals surface area contributed by atoms with E-state index in [0.29, 0.717) is 0 Å². The van der Waals surface area contributed by atoms with Crippen LogP contribution in [0.2, 0.25) is 0 Å². The maximum atomic E-state index is 13.7. The van der Waals surface area contributed by atoms with Crippen molar-refractivity contribution in [3.8, 4) is 0 Å². The van der Waals surface area contributed by atoms with Gasteiger partial charge in [0.1, 0.15) is 11.8 Å². The van der Waals surface area contributed by atoms with Gasteiger partial charge in [0.05, 0.1) is 12.5 Å². The zero-order valence-electron chi connectivity index (χ0n) is 16.9. The minimum absolute atomic E-state index is 0.0920. The molecule has 1 heterocycles. The highest BCUT2D eigenvalue weighted by atomic mass is 19.2. The number of nitro groups is 1. The molecule has 1 aromatic carbocycles. The highest BCUT2D eigenvalue weighted by Gasteiger charge is 2.46. The Labute approximate surface area is 168 Å². The van der Waals surface area contributed by atoms with Crippen LogP contribution < -0.4 is 5.32 Å². The Balaban J connectivity index is 2.38. The summed E-state index contributed by atoms with van der Waals surface area (Å²) >= 11 is 0. The SMILES string of the molecule is CN[C@@H](O)C[C@@H]1C[C@@H](c2ccc(F)c(F)c2)[C@H]([N+](=O)[O-])CN1C(=O)OC(C)(C)C. The van der Waals surface area contributed by atoms with Gasteiger partial charge in [-0.1, -0.05) is 6.07 Å². The van der Waals surface area contributed by atoms with Gasteiger partial charge >= 0.3 is 6.09 Å². The number of carbonyl (C=O) groups excluding carboxylic acids is 1. The van der Waals surface area contributed by atoms with Crippen LogP contribution in [0, 0.1) is 21.7 Å². The predicted octanol–water partition coefficient (Wildman–Crippen LogP) is 2.63. The average Bonchev–Trinajstić information content (AvgIpc) is 2.61. The molecule has 0 bridgehead atoms. The lowest BCUT2D eigenvalue weighted by molar-refractivity contribution is -0.530. The van der Waals surface area contributed by atoms with Gasteiger partial charge in [-0.2, -0.15) is 0 Å². The van der Waals surface area contributed by atoms with Crippen LogP contribution in [0.3, 0.4) is 0 Å². The highest BCUT2D eigenvalue weighted by molar-refractivity contribution is 5.69. The molecule has 1 aliphatic rings. The number of likely N-dealkylation sites (tertiary alicyclic amines) is 1. The zero-order valence-corrected chi connectivity index (χ0v) is 16.9. The topological polar surface area (TPSA) is 105 Å². The number of aliphatic hydroxyl groups excluding tert-OH is 1. The molecule has 0 radical (unpaired) electrons. The largest absolute Gasteiger partial charge is 0.444 e. The van der Waals surface area contributed by atoms with Crippen molar-refractivity contribution in [2.45, 2.75) is 63.4 Å². The van der Waals surface area contributed by atoms with Crippen molar-refractivity contribution < 1.29 is 28.3 Å². The predicted molar refractivity (Wildman–Crippen MR) is 101 cm³/mol.